The number of hydrogen-bond acceptors (Lipinski definition) is 2. The Kier molecular flexibility index (Phi) is 4.17. The molecule has 0 bridgehead atoms. The van der Waals surface area contributed by atoms with Crippen LogP contribution >= 0.6 is 0 Å². The van der Waals surface area contributed by atoms with E-state index in [1.165, 1.54) is 5.56 Å². The molecule has 1 rings (SSSR count). The first-order valence-corrected chi connectivity index (χ1v) is 5.13. The van der Waals surface area contributed by atoms with E-state index in [4.69, 9.17) is 0 Å². The Morgan fingerprint density at radius 1 is 1.57 bits per heavy atom. The number of hydrogen-bond donors (Lipinski definition) is 3. The zero-order valence-electron chi connectivity index (χ0n) is 9.01. The van der Waals surface area contributed by atoms with Crippen molar-refractivity contribution in [1.82, 2.24) is 10.3 Å². The minimum absolute atomic E-state index is 0.0102. The second kappa shape index (κ2) is 5.17. The van der Waals surface area contributed by atoms with E-state index in [0.29, 0.717) is 0 Å². The van der Waals surface area contributed by atoms with Crippen LogP contribution in [0.15, 0.2) is 18.5 Å². The van der Waals surface area contributed by atoms with Gasteiger partial charge >= 0.3 is 0 Å². The van der Waals surface area contributed by atoms with Gasteiger partial charge in [0.15, 0.2) is 0 Å². The van der Waals surface area contributed by atoms with Crippen LogP contribution in [0.4, 0.5) is 0 Å². The van der Waals surface area contributed by atoms with Crippen molar-refractivity contribution in [2.24, 2.45) is 5.41 Å². The van der Waals surface area contributed by atoms with Crippen molar-refractivity contribution in [1.29, 1.82) is 0 Å². The summed E-state index contributed by atoms with van der Waals surface area (Å²) in [5, 5.41) is 12.5. The monoisotopic (exact) mass is 196 g/mol. The molecule has 1 aromatic rings. The molecule has 1 unspecified atom stereocenters. The Morgan fingerprint density at radius 2 is 2.36 bits per heavy atom. The molecule has 14 heavy (non-hydrogen) atoms. The van der Waals surface area contributed by atoms with Crippen LogP contribution in [0.1, 0.15) is 25.8 Å². The summed E-state index contributed by atoms with van der Waals surface area (Å²) in [5.41, 5.74) is 1.26. The lowest BCUT2D eigenvalue weighted by atomic mass is 9.88. The molecule has 0 saturated heterocycles. The molecule has 3 heteroatoms. The van der Waals surface area contributed by atoms with Gasteiger partial charge in [-0.2, -0.15) is 0 Å². The standard InChI is InChI=1S/C11H20N2O/c1-3-11(2,9-14)8-13-7-10-4-5-12-6-10/h4-6,12-14H,3,7-9H2,1-2H3. The van der Waals surface area contributed by atoms with Crippen molar-refractivity contribution in [2.75, 3.05) is 13.2 Å². The first-order valence-electron chi connectivity index (χ1n) is 5.13. The minimum atomic E-state index is 0.0102. The van der Waals surface area contributed by atoms with E-state index in [1.807, 2.05) is 12.4 Å². The van der Waals surface area contributed by atoms with Gasteiger partial charge in [0.2, 0.25) is 0 Å². The molecule has 1 aromatic heterocycles. The summed E-state index contributed by atoms with van der Waals surface area (Å²) in [5.74, 6) is 0. The van der Waals surface area contributed by atoms with Gasteiger partial charge in [-0.3, -0.25) is 0 Å². The molecule has 0 aliphatic carbocycles. The highest BCUT2D eigenvalue weighted by atomic mass is 16.3. The summed E-state index contributed by atoms with van der Waals surface area (Å²) in [6.45, 7) is 6.15. The number of nitrogens with one attached hydrogen (secondary N) is 2. The van der Waals surface area contributed by atoms with Gasteiger partial charge < -0.3 is 15.4 Å². The summed E-state index contributed by atoms with van der Waals surface area (Å²) in [4.78, 5) is 3.02. The second-order valence-corrected chi connectivity index (χ2v) is 4.15. The number of aromatic nitrogens is 1. The van der Waals surface area contributed by atoms with Gasteiger partial charge in [-0.1, -0.05) is 13.8 Å². The maximum absolute atomic E-state index is 9.20. The first-order chi connectivity index (χ1) is 6.70. The van der Waals surface area contributed by atoms with Crippen LogP contribution in [0, 0.1) is 5.41 Å². The van der Waals surface area contributed by atoms with Crippen molar-refractivity contribution in [3.63, 3.8) is 0 Å². The molecule has 0 spiro atoms. The fourth-order valence-electron chi connectivity index (χ4n) is 1.27. The number of aromatic amines is 1. The maximum Gasteiger partial charge on any atom is 0.0496 e. The summed E-state index contributed by atoms with van der Waals surface area (Å²) < 4.78 is 0. The molecular weight excluding hydrogens is 176 g/mol. The molecule has 0 fully saturated rings. The van der Waals surface area contributed by atoms with Crippen LogP contribution < -0.4 is 5.32 Å². The third-order valence-electron chi connectivity index (χ3n) is 2.78. The number of rotatable bonds is 6. The van der Waals surface area contributed by atoms with Gasteiger partial charge in [0, 0.05) is 37.5 Å². The predicted molar refractivity (Wildman–Crippen MR) is 58.0 cm³/mol. The largest absolute Gasteiger partial charge is 0.396 e. The topological polar surface area (TPSA) is 48.0 Å². The Labute approximate surface area is 85.5 Å². The lowest BCUT2D eigenvalue weighted by Gasteiger charge is -2.25. The molecule has 0 aliphatic rings. The normalized spacial score (nSPS) is 15.4. The lowest BCUT2D eigenvalue weighted by molar-refractivity contribution is 0.135. The highest BCUT2D eigenvalue weighted by Gasteiger charge is 2.19. The molecule has 3 N–H and O–H groups in total. The predicted octanol–water partition coefficient (Wildman–Crippen LogP) is 1.51. The average molecular weight is 196 g/mol. The van der Waals surface area contributed by atoms with E-state index < -0.39 is 0 Å². The Hall–Kier alpha value is -0.800. The van der Waals surface area contributed by atoms with Crippen LogP contribution in [-0.2, 0) is 6.54 Å². The lowest BCUT2D eigenvalue weighted by Crippen LogP contribution is -2.33. The molecule has 0 saturated carbocycles. The van der Waals surface area contributed by atoms with Gasteiger partial charge in [0.05, 0.1) is 0 Å². The van der Waals surface area contributed by atoms with Crippen LogP contribution in [0.25, 0.3) is 0 Å². The smallest absolute Gasteiger partial charge is 0.0496 e. The molecule has 0 aliphatic heterocycles. The van der Waals surface area contributed by atoms with E-state index in [0.717, 1.165) is 19.5 Å². The quantitative estimate of drug-likeness (QED) is 0.646. The summed E-state index contributed by atoms with van der Waals surface area (Å²) in [7, 11) is 0. The number of H-pyrrole nitrogens is 1. The Bertz CT molecular complexity index is 240. The summed E-state index contributed by atoms with van der Waals surface area (Å²) in [6, 6.07) is 2.05. The molecule has 0 radical (unpaired) electrons. The van der Waals surface area contributed by atoms with E-state index in [1.54, 1.807) is 0 Å². The number of aliphatic hydroxyl groups is 1. The van der Waals surface area contributed by atoms with Gasteiger partial charge in [0.1, 0.15) is 0 Å². The SMILES string of the molecule is CCC(C)(CO)CNCc1cc[nH]c1. The zero-order chi connectivity index (χ0) is 10.4. The molecule has 0 amide bonds. The second-order valence-electron chi connectivity index (χ2n) is 4.15. The average Bonchev–Trinajstić information content (AvgIpc) is 2.70. The molecule has 3 nitrogen and oxygen atoms in total. The molecule has 80 valence electrons. The summed E-state index contributed by atoms with van der Waals surface area (Å²) in [6.07, 6.45) is 4.89. The van der Waals surface area contributed by atoms with Crippen molar-refractivity contribution in [2.45, 2.75) is 26.8 Å². The van der Waals surface area contributed by atoms with Crippen LogP contribution in [-0.4, -0.2) is 23.2 Å². The Morgan fingerprint density at radius 3 is 2.86 bits per heavy atom. The fraction of sp³-hybridized carbons (Fsp3) is 0.636. The van der Waals surface area contributed by atoms with E-state index in [9.17, 15) is 5.11 Å². The van der Waals surface area contributed by atoms with Crippen LogP contribution in [0.3, 0.4) is 0 Å². The van der Waals surface area contributed by atoms with E-state index in [2.05, 4.69) is 30.2 Å². The maximum atomic E-state index is 9.20. The Balaban J connectivity index is 2.27. The van der Waals surface area contributed by atoms with Gasteiger partial charge in [-0.15, -0.1) is 0 Å². The van der Waals surface area contributed by atoms with Crippen LogP contribution in [0.2, 0.25) is 0 Å². The van der Waals surface area contributed by atoms with Crippen molar-refractivity contribution in [3.05, 3.63) is 24.0 Å². The number of aliphatic hydroxyl groups excluding tert-OH is 1. The molecule has 1 heterocycles. The minimum Gasteiger partial charge on any atom is -0.396 e. The highest BCUT2D eigenvalue weighted by Crippen LogP contribution is 2.18. The molecular formula is C11H20N2O. The van der Waals surface area contributed by atoms with Gasteiger partial charge in [-0.05, 0) is 18.1 Å². The first kappa shape index (κ1) is 11.3. The highest BCUT2D eigenvalue weighted by molar-refractivity contribution is 5.07. The third kappa shape index (κ3) is 3.16. The fourth-order valence-corrected chi connectivity index (χ4v) is 1.27. The van der Waals surface area contributed by atoms with E-state index in [-0.39, 0.29) is 12.0 Å². The van der Waals surface area contributed by atoms with Crippen molar-refractivity contribution >= 4 is 0 Å². The van der Waals surface area contributed by atoms with Gasteiger partial charge in [0.25, 0.3) is 0 Å². The summed E-state index contributed by atoms with van der Waals surface area (Å²) >= 11 is 0. The molecule has 0 aromatic carbocycles. The van der Waals surface area contributed by atoms with Crippen LogP contribution in [0.5, 0.6) is 0 Å². The van der Waals surface area contributed by atoms with Crippen molar-refractivity contribution < 1.29 is 5.11 Å². The molecule has 1 atom stereocenters. The zero-order valence-corrected chi connectivity index (χ0v) is 9.01. The van der Waals surface area contributed by atoms with Crippen molar-refractivity contribution in [3.8, 4) is 0 Å². The van der Waals surface area contributed by atoms with Gasteiger partial charge in [-0.25, -0.2) is 0 Å². The third-order valence-corrected chi connectivity index (χ3v) is 2.78. The van der Waals surface area contributed by atoms with E-state index >= 15 is 0 Å².